The van der Waals surface area contributed by atoms with E-state index in [-0.39, 0.29) is 5.84 Å². The lowest BCUT2D eigenvalue weighted by molar-refractivity contribution is 0.327. The molecule has 1 aliphatic rings. The molecule has 6 heteroatoms. The molecule has 0 saturated carbocycles. The highest BCUT2D eigenvalue weighted by atomic mass is 15.3. The maximum Gasteiger partial charge on any atom is 0.226 e. The smallest absolute Gasteiger partial charge is 0.226 e. The number of aromatic nitrogens is 2. The van der Waals surface area contributed by atoms with Gasteiger partial charge in [-0.15, -0.1) is 0 Å². The highest BCUT2D eigenvalue weighted by Gasteiger charge is 2.24. The van der Waals surface area contributed by atoms with Crippen LogP contribution in [0.2, 0.25) is 0 Å². The molecule has 0 spiro atoms. The third kappa shape index (κ3) is 3.20. The second kappa shape index (κ2) is 5.97. The average molecular weight is 262 g/mol. The molecule has 1 aromatic rings. The van der Waals surface area contributed by atoms with Gasteiger partial charge >= 0.3 is 0 Å². The van der Waals surface area contributed by atoms with Crippen LogP contribution in [0.1, 0.15) is 25.5 Å². The Morgan fingerprint density at radius 2 is 2.32 bits per heavy atom. The number of likely N-dealkylation sites (N-methyl/N-ethyl adjacent to an activating group) is 1. The van der Waals surface area contributed by atoms with Gasteiger partial charge in [0, 0.05) is 25.3 Å². The molecule has 1 atom stereocenters. The summed E-state index contributed by atoms with van der Waals surface area (Å²) in [7, 11) is 2.15. The molecule has 0 bridgehead atoms. The zero-order chi connectivity index (χ0) is 13.8. The summed E-state index contributed by atoms with van der Waals surface area (Å²) < 4.78 is 0. The van der Waals surface area contributed by atoms with Crippen LogP contribution in [0, 0.1) is 5.41 Å². The molecule has 0 aromatic carbocycles. The zero-order valence-corrected chi connectivity index (χ0v) is 11.6. The van der Waals surface area contributed by atoms with Crippen LogP contribution in [0.5, 0.6) is 0 Å². The lowest BCUT2D eigenvalue weighted by Crippen LogP contribution is -2.41. The first kappa shape index (κ1) is 13.7. The molecular weight excluding hydrogens is 240 g/mol. The summed E-state index contributed by atoms with van der Waals surface area (Å²) >= 11 is 0. The summed E-state index contributed by atoms with van der Waals surface area (Å²) in [6.07, 6.45) is 3.83. The van der Waals surface area contributed by atoms with Crippen molar-refractivity contribution in [1.82, 2.24) is 14.9 Å². The molecule has 1 aromatic heterocycles. The van der Waals surface area contributed by atoms with E-state index in [4.69, 9.17) is 11.1 Å². The number of hydrogen-bond donors (Lipinski definition) is 2. The predicted octanol–water partition coefficient (Wildman–Crippen LogP) is 0.681. The number of nitrogens with one attached hydrogen (secondary N) is 1. The molecule has 0 aliphatic carbocycles. The van der Waals surface area contributed by atoms with Gasteiger partial charge in [0.05, 0.1) is 0 Å². The number of anilines is 1. The summed E-state index contributed by atoms with van der Waals surface area (Å²) in [4.78, 5) is 13.4. The molecule has 1 fully saturated rings. The van der Waals surface area contributed by atoms with Gasteiger partial charge in [-0.1, -0.05) is 6.92 Å². The van der Waals surface area contributed by atoms with E-state index in [1.807, 2.05) is 0 Å². The summed E-state index contributed by atoms with van der Waals surface area (Å²) in [5, 5.41) is 7.48. The predicted molar refractivity (Wildman–Crippen MR) is 76.6 cm³/mol. The van der Waals surface area contributed by atoms with Gasteiger partial charge in [-0.05, 0) is 32.5 Å². The van der Waals surface area contributed by atoms with Gasteiger partial charge in [0.2, 0.25) is 5.95 Å². The molecule has 104 valence electrons. The molecular formula is C13H22N6. The molecule has 0 radical (unpaired) electrons. The number of hydrogen-bond acceptors (Lipinski definition) is 5. The SMILES string of the molecule is CCC1CN(C)CCCN1c1nccc(C(=N)N)n1. The van der Waals surface area contributed by atoms with Gasteiger partial charge in [-0.2, -0.15) is 0 Å². The van der Waals surface area contributed by atoms with Crippen LogP contribution in [0.15, 0.2) is 12.3 Å². The van der Waals surface area contributed by atoms with Gasteiger partial charge in [0.15, 0.2) is 0 Å². The van der Waals surface area contributed by atoms with Crippen molar-refractivity contribution < 1.29 is 0 Å². The Labute approximate surface area is 114 Å². The number of rotatable bonds is 3. The lowest BCUT2D eigenvalue weighted by atomic mass is 10.2. The molecule has 1 unspecified atom stereocenters. The second-order valence-electron chi connectivity index (χ2n) is 5.03. The third-order valence-corrected chi connectivity index (χ3v) is 3.55. The van der Waals surface area contributed by atoms with Crippen molar-refractivity contribution in [2.45, 2.75) is 25.8 Å². The van der Waals surface area contributed by atoms with Crippen molar-refractivity contribution >= 4 is 11.8 Å². The Balaban J connectivity index is 2.27. The van der Waals surface area contributed by atoms with Gasteiger partial charge in [-0.3, -0.25) is 5.41 Å². The number of nitrogens with zero attached hydrogens (tertiary/aromatic N) is 4. The van der Waals surface area contributed by atoms with Crippen LogP contribution in [-0.4, -0.2) is 53.4 Å². The summed E-state index contributed by atoms with van der Waals surface area (Å²) in [5.74, 6) is 0.679. The third-order valence-electron chi connectivity index (χ3n) is 3.55. The summed E-state index contributed by atoms with van der Waals surface area (Å²) in [6, 6.07) is 2.09. The summed E-state index contributed by atoms with van der Waals surface area (Å²) in [5.41, 5.74) is 6.00. The Kier molecular flexibility index (Phi) is 4.31. The van der Waals surface area contributed by atoms with Gasteiger partial charge < -0.3 is 15.5 Å². The normalized spacial score (nSPS) is 21.2. The number of nitrogen functional groups attached to an aromatic ring is 1. The van der Waals surface area contributed by atoms with Crippen molar-refractivity contribution in [3.63, 3.8) is 0 Å². The minimum Gasteiger partial charge on any atom is -0.382 e. The first-order valence-electron chi connectivity index (χ1n) is 6.74. The van der Waals surface area contributed by atoms with E-state index in [0.717, 1.165) is 32.5 Å². The van der Waals surface area contributed by atoms with Crippen LogP contribution in [0.25, 0.3) is 0 Å². The molecule has 0 amide bonds. The first-order valence-corrected chi connectivity index (χ1v) is 6.74. The zero-order valence-electron chi connectivity index (χ0n) is 11.6. The Morgan fingerprint density at radius 3 is 3.00 bits per heavy atom. The van der Waals surface area contributed by atoms with E-state index in [0.29, 0.717) is 17.7 Å². The fraction of sp³-hybridized carbons (Fsp3) is 0.615. The quantitative estimate of drug-likeness (QED) is 0.618. The maximum atomic E-state index is 7.48. The Hall–Kier alpha value is -1.69. The topological polar surface area (TPSA) is 82.1 Å². The highest BCUT2D eigenvalue weighted by molar-refractivity contribution is 5.93. The molecule has 2 heterocycles. The van der Waals surface area contributed by atoms with Crippen molar-refractivity contribution in [2.75, 3.05) is 31.6 Å². The van der Waals surface area contributed by atoms with Crippen molar-refractivity contribution in [1.29, 1.82) is 5.41 Å². The molecule has 1 aliphatic heterocycles. The van der Waals surface area contributed by atoms with Crippen molar-refractivity contribution in [3.8, 4) is 0 Å². The van der Waals surface area contributed by atoms with Gasteiger partial charge in [0.25, 0.3) is 0 Å². The van der Waals surface area contributed by atoms with Crippen LogP contribution >= 0.6 is 0 Å². The summed E-state index contributed by atoms with van der Waals surface area (Å²) in [6.45, 7) is 5.25. The molecule has 19 heavy (non-hydrogen) atoms. The molecule has 1 saturated heterocycles. The van der Waals surface area contributed by atoms with Crippen LogP contribution < -0.4 is 10.6 Å². The maximum absolute atomic E-state index is 7.48. The van der Waals surface area contributed by atoms with Crippen molar-refractivity contribution in [2.24, 2.45) is 5.73 Å². The van der Waals surface area contributed by atoms with E-state index in [2.05, 4.69) is 33.7 Å². The highest BCUT2D eigenvalue weighted by Crippen LogP contribution is 2.18. The Bertz CT molecular complexity index is 447. The standard InChI is InChI=1S/C13H22N6/c1-3-10-9-18(2)7-4-8-19(10)13-16-6-5-11(17-13)12(14)15/h5-6,10H,3-4,7-9H2,1-2H3,(H3,14,15). The minimum atomic E-state index is -0.0105. The average Bonchev–Trinajstić information content (AvgIpc) is 2.60. The van der Waals surface area contributed by atoms with E-state index < -0.39 is 0 Å². The second-order valence-corrected chi connectivity index (χ2v) is 5.03. The fourth-order valence-electron chi connectivity index (χ4n) is 2.49. The van der Waals surface area contributed by atoms with Crippen molar-refractivity contribution in [3.05, 3.63) is 18.0 Å². The fourth-order valence-corrected chi connectivity index (χ4v) is 2.49. The van der Waals surface area contributed by atoms with Gasteiger partial charge in [0.1, 0.15) is 11.5 Å². The van der Waals surface area contributed by atoms with Crippen LogP contribution in [-0.2, 0) is 0 Å². The number of nitrogens with two attached hydrogens (primary N) is 1. The van der Waals surface area contributed by atoms with E-state index >= 15 is 0 Å². The molecule has 3 N–H and O–H groups in total. The van der Waals surface area contributed by atoms with Gasteiger partial charge in [-0.25, -0.2) is 9.97 Å². The lowest BCUT2D eigenvalue weighted by Gasteiger charge is -2.30. The minimum absolute atomic E-state index is 0.0105. The monoisotopic (exact) mass is 262 g/mol. The Morgan fingerprint density at radius 1 is 1.53 bits per heavy atom. The van der Waals surface area contributed by atoms with E-state index in [1.165, 1.54) is 0 Å². The van der Waals surface area contributed by atoms with E-state index in [1.54, 1.807) is 12.3 Å². The largest absolute Gasteiger partial charge is 0.382 e. The molecule has 6 nitrogen and oxygen atoms in total. The molecule has 2 rings (SSSR count). The first-order chi connectivity index (χ1) is 9.11. The van der Waals surface area contributed by atoms with Crippen LogP contribution in [0.4, 0.5) is 5.95 Å². The number of amidine groups is 1. The van der Waals surface area contributed by atoms with Crippen LogP contribution in [0.3, 0.4) is 0 Å². The van der Waals surface area contributed by atoms with E-state index in [9.17, 15) is 0 Å².